The first-order valence-electron chi connectivity index (χ1n) is 8.12. The molecule has 1 amide bonds. The molecule has 0 atom stereocenters. The van der Waals surface area contributed by atoms with E-state index < -0.39 is 17.6 Å². The number of benzene rings is 1. The molecular weight excluding hydrogens is 361 g/mol. The fourth-order valence-electron chi connectivity index (χ4n) is 2.83. The minimum Gasteiger partial charge on any atom is -0.339 e. The Balaban J connectivity index is 1.43. The van der Waals surface area contributed by atoms with Crippen molar-refractivity contribution in [2.24, 2.45) is 0 Å². The van der Waals surface area contributed by atoms with Gasteiger partial charge in [-0.25, -0.2) is 0 Å². The van der Waals surface area contributed by atoms with Gasteiger partial charge in [0.05, 0.1) is 11.5 Å². The second kappa shape index (κ2) is 6.49. The highest BCUT2D eigenvalue weighted by atomic mass is 19.4. The second-order valence-electron chi connectivity index (χ2n) is 6.18. The van der Waals surface area contributed by atoms with E-state index in [0.29, 0.717) is 30.4 Å². The number of aromatic nitrogens is 3. The molecule has 6 nitrogen and oxygen atoms in total. The molecule has 1 aliphatic rings. The van der Waals surface area contributed by atoms with Crippen LogP contribution < -0.4 is 0 Å². The van der Waals surface area contributed by atoms with E-state index in [1.54, 1.807) is 24.5 Å². The summed E-state index contributed by atoms with van der Waals surface area (Å²) in [6, 6.07) is 7.95. The van der Waals surface area contributed by atoms with Gasteiger partial charge in [0, 0.05) is 36.6 Å². The van der Waals surface area contributed by atoms with Crippen LogP contribution in [0.4, 0.5) is 13.2 Å². The summed E-state index contributed by atoms with van der Waals surface area (Å²) in [7, 11) is 0. The van der Waals surface area contributed by atoms with E-state index in [1.165, 1.54) is 17.0 Å². The van der Waals surface area contributed by atoms with Crippen LogP contribution in [0.5, 0.6) is 0 Å². The van der Waals surface area contributed by atoms with Crippen LogP contribution in [0.25, 0.3) is 11.4 Å². The summed E-state index contributed by atoms with van der Waals surface area (Å²) >= 11 is 0. The Bertz CT molecular complexity index is 966. The van der Waals surface area contributed by atoms with E-state index in [1.807, 2.05) is 0 Å². The maximum Gasteiger partial charge on any atom is 0.416 e. The van der Waals surface area contributed by atoms with Crippen molar-refractivity contribution in [1.29, 1.82) is 0 Å². The lowest BCUT2D eigenvalue weighted by Crippen LogP contribution is -2.48. The summed E-state index contributed by atoms with van der Waals surface area (Å²) in [5, 5.41) is 3.90. The first-order valence-corrected chi connectivity index (χ1v) is 8.12. The predicted octanol–water partition coefficient (Wildman–Crippen LogP) is 3.39. The Labute approximate surface area is 151 Å². The molecular formula is C18H13F3N4O2. The molecule has 2 aromatic heterocycles. The predicted molar refractivity (Wildman–Crippen MR) is 87.6 cm³/mol. The molecule has 0 bridgehead atoms. The summed E-state index contributed by atoms with van der Waals surface area (Å²) < 4.78 is 43.6. The third-order valence-electron chi connectivity index (χ3n) is 4.32. The highest BCUT2D eigenvalue weighted by Gasteiger charge is 2.37. The number of likely N-dealkylation sites (tertiary alicyclic amines) is 1. The van der Waals surface area contributed by atoms with Crippen LogP contribution in [-0.4, -0.2) is 39.0 Å². The number of rotatable bonds is 3. The van der Waals surface area contributed by atoms with Gasteiger partial charge in [0.1, 0.15) is 0 Å². The molecule has 1 saturated heterocycles. The lowest BCUT2D eigenvalue weighted by Gasteiger charge is -2.37. The van der Waals surface area contributed by atoms with E-state index in [2.05, 4.69) is 15.1 Å². The molecule has 138 valence electrons. The van der Waals surface area contributed by atoms with Crippen LogP contribution in [0.3, 0.4) is 0 Å². The minimum absolute atomic E-state index is 0.00449. The number of alkyl halides is 3. The van der Waals surface area contributed by atoms with Crippen LogP contribution in [0.1, 0.15) is 27.7 Å². The van der Waals surface area contributed by atoms with Crippen molar-refractivity contribution in [3.05, 3.63) is 65.8 Å². The smallest absolute Gasteiger partial charge is 0.339 e. The highest BCUT2D eigenvalue weighted by molar-refractivity contribution is 5.95. The molecule has 9 heteroatoms. The Hall–Kier alpha value is -3.23. The molecule has 3 heterocycles. The van der Waals surface area contributed by atoms with Crippen LogP contribution >= 0.6 is 0 Å². The summed E-state index contributed by atoms with van der Waals surface area (Å²) in [5.41, 5.74) is -0.128. The number of hydrogen-bond acceptors (Lipinski definition) is 5. The van der Waals surface area contributed by atoms with E-state index in [-0.39, 0.29) is 11.5 Å². The van der Waals surface area contributed by atoms with Gasteiger partial charge in [-0.05, 0) is 30.3 Å². The molecule has 1 fully saturated rings. The molecule has 1 aromatic carbocycles. The van der Waals surface area contributed by atoms with Gasteiger partial charge in [0.2, 0.25) is 11.7 Å². The molecule has 4 rings (SSSR count). The number of carbonyl (C=O) groups is 1. The molecule has 0 N–H and O–H groups in total. The number of carbonyl (C=O) groups excluding carboxylic acids is 1. The zero-order chi connectivity index (χ0) is 19.0. The highest BCUT2D eigenvalue weighted by Crippen LogP contribution is 2.32. The molecule has 0 unspecified atom stereocenters. The monoisotopic (exact) mass is 374 g/mol. The molecule has 27 heavy (non-hydrogen) atoms. The van der Waals surface area contributed by atoms with Gasteiger partial charge >= 0.3 is 6.18 Å². The molecule has 1 aliphatic heterocycles. The van der Waals surface area contributed by atoms with Crippen molar-refractivity contribution >= 4 is 5.91 Å². The standard InChI is InChI=1S/C18H13F3N4O2/c19-18(20,21)14-5-1-3-11(7-14)17(26)25-9-13(10-25)16-23-15(24-27-16)12-4-2-6-22-8-12/h1-8,13H,9-10H2. The van der Waals surface area contributed by atoms with Crippen LogP contribution in [-0.2, 0) is 6.18 Å². The van der Waals surface area contributed by atoms with Gasteiger partial charge < -0.3 is 9.42 Å². The summed E-state index contributed by atoms with van der Waals surface area (Å²) in [6.07, 6.45) is -1.24. The molecule has 0 saturated carbocycles. The van der Waals surface area contributed by atoms with Crippen molar-refractivity contribution in [2.45, 2.75) is 12.1 Å². The maximum atomic E-state index is 12.8. The second-order valence-corrected chi connectivity index (χ2v) is 6.18. The number of pyridine rings is 1. The average Bonchev–Trinajstić information content (AvgIpc) is 3.10. The average molecular weight is 374 g/mol. The third kappa shape index (κ3) is 3.40. The normalized spacial score (nSPS) is 14.9. The lowest BCUT2D eigenvalue weighted by molar-refractivity contribution is -0.137. The zero-order valence-corrected chi connectivity index (χ0v) is 13.8. The van der Waals surface area contributed by atoms with Crippen molar-refractivity contribution in [3.63, 3.8) is 0 Å². The number of nitrogens with zero attached hydrogens (tertiary/aromatic N) is 4. The summed E-state index contributed by atoms with van der Waals surface area (Å²) in [5.74, 6) is 0.199. The maximum absolute atomic E-state index is 12.8. The Kier molecular flexibility index (Phi) is 4.14. The fraction of sp³-hybridized carbons (Fsp3) is 0.222. The van der Waals surface area contributed by atoms with Crippen LogP contribution in [0.15, 0.2) is 53.3 Å². The van der Waals surface area contributed by atoms with Crippen LogP contribution in [0, 0.1) is 0 Å². The van der Waals surface area contributed by atoms with Crippen molar-refractivity contribution in [3.8, 4) is 11.4 Å². The zero-order valence-electron chi connectivity index (χ0n) is 13.8. The Morgan fingerprint density at radius 3 is 2.70 bits per heavy atom. The number of halogens is 3. The van der Waals surface area contributed by atoms with E-state index in [9.17, 15) is 18.0 Å². The Morgan fingerprint density at radius 1 is 1.19 bits per heavy atom. The van der Waals surface area contributed by atoms with Gasteiger partial charge in [-0.2, -0.15) is 18.2 Å². The molecule has 0 spiro atoms. The summed E-state index contributed by atoms with van der Waals surface area (Å²) in [6.45, 7) is 0.619. The van der Waals surface area contributed by atoms with E-state index >= 15 is 0 Å². The van der Waals surface area contributed by atoms with Crippen LogP contribution in [0.2, 0.25) is 0 Å². The van der Waals surface area contributed by atoms with Gasteiger partial charge in [-0.3, -0.25) is 9.78 Å². The lowest BCUT2D eigenvalue weighted by atomic mass is 9.98. The summed E-state index contributed by atoms with van der Waals surface area (Å²) in [4.78, 5) is 22.1. The third-order valence-corrected chi connectivity index (χ3v) is 4.32. The van der Waals surface area contributed by atoms with Crippen molar-refractivity contribution < 1.29 is 22.5 Å². The fourth-order valence-corrected chi connectivity index (χ4v) is 2.83. The van der Waals surface area contributed by atoms with Gasteiger partial charge in [-0.1, -0.05) is 11.2 Å². The van der Waals surface area contributed by atoms with E-state index in [4.69, 9.17) is 4.52 Å². The Morgan fingerprint density at radius 2 is 2.00 bits per heavy atom. The largest absolute Gasteiger partial charge is 0.416 e. The number of amides is 1. The topological polar surface area (TPSA) is 72.1 Å². The van der Waals surface area contributed by atoms with Crippen molar-refractivity contribution in [1.82, 2.24) is 20.0 Å². The quantitative estimate of drug-likeness (QED) is 0.703. The number of hydrogen-bond donors (Lipinski definition) is 0. The van der Waals surface area contributed by atoms with Gasteiger partial charge in [-0.15, -0.1) is 0 Å². The van der Waals surface area contributed by atoms with Gasteiger partial charge in [0.25, 0.3) is 5.91 Å². The molecule has 0 radical (unpaired) electrons. The first-order chi connectivity index (χ1) is 12.9. The minimum atomic E-state index is -4.49. The molecule has 3 aromatic rings. The van der Waals surface area contributed by atoms with Gasteiger partial charge in [0.15, 0.2) is 0 Å². The SMILES string of the molecule is O=C(c1cccc(C(F)(F)F)c1)N1CC(c2nc(-c3cccnc3)no2)C1. The van der Waals surface area contributed by atoms with E-state index in [0.717, 1.165) is 12.1 Å². The first kappa shape index (κ1) is 17.2. The van der Waals surface area contributed by atoms with Crippen molar-refractivity contribution in [2.75, 3.05) is 13.1 Å². The molecule has 0 aliphatic carbocycles.